The standard InChI is InChI=1S/C11H14N4O/c12-6-9-5-10(1-2-14-9)15-3-4-16-11(7-13)8-15/h1-2,5,11H,3-4,7-8,13H2. The molecule has 0 saturated carbocycles. The van der Waals surface area contributed by atoms with Gasteiger partial charge in [0.1, 0.15) is 11.8 Å². The smallest absolute Gasteiger partial charge is 0.142 e. The van der Waals surface area contributed by atoms with Gasteiger partial charge < -0.3 is 15.4 Å². The summed E-state index contributed by atoms with van der Waals surface area (Å²) in [5, 5.41) is 8.78. The summed E-state index contributed by atoms with van der Waals surface area (Å²) in [4.78, 5) is 6.12. The molecule has 0 bridgehead atoms. The maximum atomic E-state index is 8.78. The zero-order chi connectivity index (χ0) is 11.4. The van der Waals surface area contributed by atoms with Crippen molar-refractivity contribution in [1.29, 1.82) is 5.26 Å². The summed E-state index contributed by atoms with van der Waals surface area (Å²) in [6.45, 7) is 2.79. The van der Waals surface area contributed by atoms with Crippen LogP contribution in [0.25, 0.3) is 0 Å². The minimum absolute atomic E-state index is 0.0763. The van der Waals surface area contributed by atoms with Crippen LogP contribution in [0.1, 0.15) is 5.69 Å². The molecule has 1 atom stereocenters. The highest BCUT2D eigenvalue weighted by Gasteiger charge is 2.19. The maximum Gasteiger partial charge on any atom is 0.142 e. The molecule has 5 nitrogen and oxygen atoms in total. The van der Waals surface area contributed by atoms with Gasteiger partial charge in [0.2, 0.25) is 0 Å². The summed E-state index contributed by atoms with van der Waals surface area (Å²) in [6, 6.07) is 5.73. The average Bonchev–Trinajstić information content (AvgIpc) is 2.39. The molecular weight excluding hydrogens is 204 g/mol. The Labute approximate surface area is 94.4 Å². The molecule has 1 unspecified atom stereocenters. The first-order valence-corrected chi connectivity index (χ1v) is 5.26. The van der Waals surface area contributed by atoms with E-state index in [2.05, 4.69) is 9.88 Å². The third-order valence-corrected chi connectivity index (χ3v) is 2.62. The molecule has 1 aliphatic heterocycles. The molecule has 5 heteroatoms. The van der Waals surface area contributed by atoms with Crippen LogP contribution in [-0.4, -0.2) is 37.3 Å². The van der Waals surface area contributed by atoms with E-state index < -0.39 is 0 Å². The van der Waals surface area contributed by atoms with Gasteiger partial charge >= 0.3 is 0 Å². The van der Waals surface area contributed by atoms with Gasteiger partial charge in [-0.05, 0) is 12.1 Å². The van der Waals surface area contributed by atoms with Crippen LogP contribution in [0, 0.1) is 11.3 Å². The quantitative estimate of drug-likeness (QED) is 0.763. The number of hydrogen-bond donors (Lipinski definition) is 1. The van der Waals surface area contributed by atoms with Crippen LogP contribution in [0.5, 0.6) is 0 Å². The van der Waals surface area contributed by atoms with Crippen LogP contribution in [-0.2, 0) is 4.74 Å². The number of pyridine rings is 1. The summed E-state index contributed by atoms with van der Waals surface area (Å²) in [5.74, 6) is 0. The summed E-state index contributed by atoms with van der Waals surface area (Å²) >= 11 is 0. The highest BCUT2D eigenvalue weighted by atomic mass is 16.5. The zero-order valence-corrected chi connectivity index (χ0v) is 8.97. The second-order valence-electron chi connectivity index (χ2n) is 3.69. The fourth-order valence-corrected chi connectivity index (χ4v) is 1.77. The number of rotatable bonds is 2. The molecule has 16 heavy (non-hydrogen) atoms. The number of ether oxygens (including phenoxy) is 1. The Hall–Kier alpha value is -1.64. The van der Waals surface area contributed by atoms with E-state index in [0.29, 0.717) is 18.8 Å². The van der Waals surface area contributed by atoms with Gasteiger partial charge in [-0.2, -0.15) is 5.26 Å². The SMILES string of the molecule is N#Cc1cc(N2CCOC(CN)C2)ccn1. The molecule has 0 amide bonds. The van der Waals surface area contributed by atoms with Gasteiger partial charge in [-0.1, -0.05) is 0 Å². The Morgan fingerprint density at radius 2 is 2.56 bits per heavy atom. The lowest BCUT2D eigenvalue weighted by Crippen LogP contribution is -2.45. The molecule has 2 N–H and O–H groups in total. The van der Waals surface area contributed by atoms with Gasteiger partial charge in [-0.15, -0.1) is 0 Å². The van der Waals surface area contributed by atoms with Crippen molar-refractivity contribution < 1.29 is 4.74 Å². The fraction of sp³-hybridized carbons (Fsp3) is 0.455. The van der Waals surface area contributed by atoms with Crippen LogP contribution in [0.2, 0.25) is 0 Å². The number of aromatic nitrogens is 1. The van der Waals surface area contributed by atoms with E-state index >= 15 is 0 Å². The first-order valence-electron chi connectivity index (χ1n) is 5.26. The number of hydrogen-bond acceptors (Lipinski definition) is 5. The van der Waals surface area contributed by atoms with Crippen molar-refractivity contribution in [3.8, 4) is 6.07 Å². The molecule has 0 aliphatic carbocycles. The number of morpholine rings is 1. The second-order valence-corrected chi connectivity index (χ2v) is 3.69. The lowest BCUT2D eigenvalue weighted by atomic mass is 10.2. The van der Waals surface area contributed by atoms with Gasteiger partial charge in [0.15, 0.2) is 0 Å². The zero-order valence-electron chi connectivity index (χ0n) is 8.97. The van der Waals surface area contributed by atoms with Crippen molar-refractivity contribution in [3.63, 3.8) is 0 Å². The molecular formula is C11H14N4O. The lowest BCUT2D eigenvalue weighted by molar-refractivity contribution is 0.0465. The van der Waals surface area contributed by atoms with E-state index in [1.54, 1.807) is 12.3 Å². The lowest BCUT2D eigenvalue weighted by Gasteiger charge is -2.33. The molecule has 2 rings (SSSR count). The van der Waals surface area contributed by atoms with Gasteiger partial charge in [0.25, 0.3) is 0 Å². The normalized spacial score (nSPS) is 20.5. The number of nitrogens with zero attached hydrogens (tertiary/aromatic N) is 3. The minimum Gasteiger partial charge on any atom is -0.373 e. The molecule has 2 heterocycles. The molecule has 0 aromatic carbocycles. The van der Waals surface area contributed by atoms with E-state index in [9.17, 15) is 0 Å². The Morgan fingerprint density at radius 3 is 3.31 bits per heavy atom. The summed E-state index contributed by atoms with van der Waals surface area (Å²) < 4.78 is 5.49. The molecule has 84 valence electrons. The van der Waals surface area contributed by atoms with Crippen molar-refractivity contribution in [2.24, 2.45) is 5.73 Å². The average molecular weight is 218 g/mol. The number of anilines is 1. The Kier molecular flexibility index (Phi) is 3.34. The highest BCUT2D eigenvalue weighted by molar-refractivity contribution is 5.49. The minimum atomic E-state index is 0.0763. The van der Waals surface area contributed by atoms with Crippen LogP contribution >= 0.6 is 0 Å². The summed E-state index contributed by atoms with van der Waals surface area (Å²) in [7, 11) is 0. The fourth-order valence-electron chi connectivity index (χ4n) is 1.77. The first kappa shape index (κ1) is 10.9. The monoisotopic (exact) mass is 218 g/mol. The van der Waals surface area contributed by atoms with Crippen molar-refractivity contribution >= 4 is 5.69 Å². The molecule has 1 aromatic heterocycles. The molecule has 1 fully saturated rings. The van der Waals surface area contributed by atoms with Crippen LogP contribution in [0.3, 0.4) is 0 Å². The van der Waals surface area contributed by atoms with Crippen molar-refractivity contribution in [1.82, 2.24) is 4.98 Å². The van der Waals surface area contributed by atoms with Gasteiger partial charge in [0.05, 0.1) is 12.7 Å². The van der Waals surface area contributed by atoms with Gasteiger partial charge in [0, 0.05) is 31.5 Å². The second kappa shape index (κ2) is 4.92. The maximum absolute atomic E-state index is 8.78. The number of nitrogens with two attached hydrogens (primary N) is 1. The van der Waals surface area contributed by atoms with E-state index in [1.165, 1.54) is 0 Å². The van der Waals surface area contributed by atoms with Gasteiger partial charge in [-0.25, -0.2) is 4.98 Å². The molecule has 1 saturated heterocycles. The predicted molar refractivity (Wildman–Crippen MR) is 60.0 cm³/mol. The van der Waals surface area contributed by atoms with E-state index in [1.807, 2.05) is 12.1 Å². The van der Waals surface area contributed by atoms with Crippen LogP contribution < -0.4 is 10.6 Å². The third-order valence-electron chi connectivity index (χ3n) is 2.62. The third kappa shape index (κ3) is 2.30. The topological polar surface area (TPSA) is 75.2 Å². The largest absolute Gasteiger partial charge is 0.373 e. The molecule has 0 spiro atoms. The summed E-state index contributed by atoms with van der Waals surface area (Å²) in [5.41, 5.74) is 7.03. The van der Waals surface area contributed by atoms with Crippen molar-refractivity contribution in [3.05, 3.63) is 24.0 Å². The molecule has 0 radical (unpaired) electrons. The Balaban J connectivity index is 2.14. The Bertz CT molecular complexity index is 401. The van der Waals surface area contributed by atoms with E-state index in [0.717, 1.165) is 18.8 Å². The van der Waals surface area contributed by atoms with Crippen molar-refractivity contribution in [2.45, 2.75) is 6.10 Å². The van der Waals surface area contributed by atoms with Crippen LogP contribution in [0.4, 0.5) is 5.69 Å². The first-order chi connectivity index (χ1) is 7.83. The summed E-state index contributed by atoms with van der Waals surface area (Å²) in [6.07, 6.45) is 1.73. The predicted octanol–water partition coefficient (Wildman–Crippen LogP) is 0.117. The van der Waals surface area contributed by atoms with E-state index in [-0.39, 0.29) is 6.10 Å². The molecule has 1 aromatic rings. The Morgan fingerprint density at radius 1 is 1.69 bits per heavy atom. The van der Waals surface area contributed by atoms with Crippen LogP contribution in [0.15, 0.2) is 18.3 Å². The molecule has 1 aliphatic rings. The number of nitriles is 1. The van der Waals surface area contributed by atoms with Gasteiger partial charge in [-0.3, -0.25) is 0 Å². The van der Waals surface area contributed by atoms with Crippen molar-refractivity contribution in [2.75, 3.05) is 31.1 Å². The highest BCUT2D eigenvalue weighted by Crippen LogP contribution is 2.17. The van der Waals surface area contributed by atoms with E-state index in [4.69, 9.17) is 15.7 Å².